The molecule has 0 radical (unpaired) electrons. The number of furan rings is 1. The highest BCUT2D eigenvalue weighted by atomic mass is 16.4. The molecule has 0 unspecified atom stereocenters. The van der Waals surface area contributed by atoms with Crippen molar-refractivity contribution in [3.8, 4) is 0 Å². The average Bonchev–Trinajstić information content (AvgIpc) is 2.62. The Hall–Kier alpha value is -1.25. The van der Waals surface area contributed by atoms with Gasteiger partial charge in [0.1, 0.15) is 0 Å². The van der Waals surface area contributed by atoms with E-state index < -0.39 is 0 Å². The van der Waals surface area contributed by atoms with Crippen molar-refractivity contribution in [2.75, 3.05) is 18.5 Å². The number of hydrogen-bond acceptors (Lipinski definition) is 3. The fourth-order valence-electron chi connectivity index (χ4n) is 1.28. The monoisotopic (exact) mass is 209 g/mol. The number of nitrogens with zero attached hydrogens (tertiary/aromatic N) is 1. The first-order chi connectivity index (χ1) is 7.00. The van der Waals surface area contributed by atoms with Crippen LogP contribution in [0.15, 0.2) is 16.5 Å². The number of carbonyl (C=O) groups is 1. The van der Waals surface area contributed by atoms with Gasteiger partial charge in [0.05, 0.1) is 0 Å². The van der Waals surface area contributed by atoms with Crippen LogP contribution in [0.25, 0.3) is 0 Å². The van der Waals surface area contributed by atoms with Crippen LogP contribution in [0.1, 0.15) is 37.7 Å². The SMILES string of the molecule is CC(=O)c1ccc(N(C)CCC(C)C)o1. The molecule has 1 aromatic rings. The molecule has 1 rings (SSSR count). The smallest absolute Gasteiger partial charge is 0.196 e. The summed E-state index contributed by atoms with van der Waals surface area (Å²) < 4.78 is 5.42. The second kappa shape index (κ2) is 5.01. The second-order valence-electron chi connectivity index (χ2n) is 4.30. The Morgan fingerprint density at radius 3 is 2.60 bits per heavy atom. The van der Waals surface area contributed by atoms with E-state index in [0.29, 0.717) is 11.7 Å². The molecule has 0 saturated carbocycles. The van der Waals surface area contributed by atoms with Crippen LogP contribution in [0.4, 0.5) is 5.88 Å². The van der Waals surface area contributed by atoms with Gasteiger partial charge in [-0.15, -0.1) is 0 Å². The van der Waals surface area contributed by atoms with Gasteiger partial charge in [-0.1, -0.05) is 13.8 Å². The fraction of sp³-hybridized carbons (Fsp3) is 0.583. The lowest BCUT2D eigenvalue weighted by atomic mass is 10.1. The molecule has 3 nitrogen and oxygen atoms in total. The number of rotatable bonds is 5. The normalized spacial score (nSPS) is 10.7. The summed E-state index contributed by atoms with van der Waals surface area (Å²) in [6.07, 6.45) is 1.12. The third-order valence-corrected chi connectivity index (χ3v) is 2.36. The highest BCUT2D eigenvalue weighted by Crippen LogP contribution is 2.18. The van der Waals surface area contributed by atoms with Crippen molar-refractivity contribution in [3.63, 3.8) is 0 Å². The first-order valence-electron chi connectivity index (χ1n) is 5.32. The molecule has 3 heteroatoms. The van der Waals surface area contributed by atoms with Crippen molar-refractivity contribution in [1.82, 2.24) is 0 Å². The van der Waals surface area contributed by atoms with Gasteiger partial charge in [0.2, 0.25) is 0 Å². The van der Waals surface area contributed by atoms with E-state index in [-0.39, 0.29) is 5.78 Å². The molecule has 0 aromatic carbocycles. The van der Waals surface area contributed by atoms with Crippen LogP contribution in [0, 0.1) is 5.92 Å². The third kappa shape index (κ3) is 3.42. The number of hydrogen-bond donors (Lipinski definition) is 0. The minimum atomic E-state index is -0.0292. The summed E-state index contributed by atoms with van der Waals surface area (Å²) in [6, 6.07) is 3.57. The molecule has 0 saturated heterocycles. The van der Waals surface area contributed by atoms with Crippen LogP contribution < -0.4 is 4.90 Å². The van der Waals surface area contributed by atoms with Crippen molar-refractivity contribution >= 4 is 11.7 Å². The van der Waals surface area contributed by atoms with Crippen LogP contribution in [-0.2, 0) is 0 Å². The van der Waals surface area contributed by atoms with Crippen molar-refractivity contribution in [2.24, 2.45) is 5.92 Å². The number of ketones is 1. The van der Waals surface area contributed by atoms with E-state index in [2.05, 4.69) is 13.8 Å². The summed E-state index contributed by atoms with van der Waals surface area (Å²) in [5.41, 5.74) is 0. The largest absolute Gasteiger partial charge is 0.437 e. The molecular weight excluding hydrogens is 190 g/mol. The van der Waals surface area contributed by atoms with Crippen molar-refractivity contribution in [2.45, 2.75) is 27.2 Å². The van der Waals surface area contributed by atoms with Crippen LogP contribution in [-0.4, -0.2) is 19.4 Å². The Morgan fingerprint density at radius 2 is 2.13 bits per heavy atom. The Balaban J connectivity index is 2.58. The molecule has 1 heterocycles. The number of anilines is 1. The maximum atomic E-state index is 11.0. The summed E-state index contributed by atoms with van der Waals surface area (Å²) in [5, 5.41) is 0. The van der Waals surface area contributed by atoms with Crippen LogP contribution in [0.5, 0.6) is 0 Å². The zero-order valence-electron chi connectivity index (χ0n) is 9.91. The summed E-state index contributed by atoms with van der Waals surface area (Å²) >= 11 is 0. The third-order valence-electron chi connectivity index (χ3n) is 2.36. The molecule has 0 aliphatic carbocycles. The van der Waals surface area contributed by atoms with E-state index in [1.807, 2.05) is 18.0 Å². The van der Waals surface area contributed by atoms with Crippen LogP contribution in [0.3, 0.4) is 0 Å². The topological polar surface area (TPSA) is 33.5 Å². The lowest BCUT2D eigenvalue weighted by Gasteiger charge is -2.16. The Bertz CT molecular complexity index is 328. The van der Waals surface area contributed by atoms with E-state index in [1.165, 1.54) is 6.92 Å². The average molecular weight is 209 g/mol. The maximum absolute atomic E-state index is 11.0. The molecule has 0 atom stereocenters. The van der Waals surface area contributed by atoms with Gasteiger partial charge in [0.15, 0.2) is 17.4 Å². The predicted molar refractivity (Wildman–Crippen MR) is 61.4 cm³/mol. The molecular formula is C12H19NO2. The zero-order valence-corrected chi connectivity index (χ0v) is 9.91. The minimum absolute atomic E-state index is 0.0292. The highest BCUT2D eigenvalue weighted by Gasteiger charge is 2.09. The van der Waals surface area contributed by atoms with Gasteiger partial charge >= 0.3 is 0 Å². The van der Waals surface area contributed by atoms with Gasteiger partial charge in [-0.3, -0.25) is 4.79 Å². The molecule has 0 spiro atoms. The van der Waals surface area contributed by atoms with Gasteiger partial charge < -0.3 is 9.32 Å². The van der Waals surface area contributed by atoms with E-state index >= 15 is 0 Å². The highest BCUT2D eigenvalue weighted by molar-refractivity contribution is 5.91. The molecule has 84 valence electrons. The van der Waals surface area contributed by atoms with Crippen molar-refractivity contribution in [1.29, 1.82) is 0 Å². The van der Waals surface area contributed by atoms with Crippen molar-refractivity contribution in [3.05, 3.63) is 17.9 Å². The standard InChI is InChI=1S/C12H19NO2/c1-9(2)7-8-13(4)12-6-5-11(15-12)10(3)14/h5-6,9H,7-8H2,1-4H3. The summed E-state index contributed by atoms with van der Waals surface area (Å²) in [5.74, 6) is 1.84. The van der Waals surface area contributed by atoms with Crippen LogP contribution in [0.2, 0.25) is 0 Å². The molecule has 0 aliphatic rings. The van der Waals surface area contributed by atoms with Gasteiger partial charge in [-0.2, -0.15) is 0 Å². The molecule has 0 fully saturated rings. The van der Waals surface area contributed by atoms with Gasteiger partial charge in [0, 0.05) is 26.6 Å². The predicted octanol–water partition coefficient (Wildman–Crippen LogP) is 2.96. The molecule has 0 N–H and O–H groups in total. The van der Waals surface area contributed by atoms with E-state index in [1.54, 1.807) is 6.07 Å². The zero-order chi connectivity index (χ0) is 11.4. The Morgan fingerprint density at radius 1 is 1.47 bits per heavy atom. The number of Topliss-reactive ketones (excluding diaryl/α,β-unsaturated/α-hetero) is 1. The lowest BCUT2D eigenvalue weighted by Crippen LogP contribution is -2.19. The second-order valence-corrected chi connectivity index (χ2v) is 4.30. The van der Waals surface area contributed by atoms with Gasteiger partial charge in [-0.25, -0.2) is 0 Å². The Labute approximate surface area is 91.1 Å². The van der Waals surface area contributed by atoms with Gasteiger partial charge in [0.25, 0.3) is 0 Å². The van der Waals surface area contributed by atoms with Gasteiger partial charge in [-0.05, 0) is 18.4 Å². The molecule has 15 heavy (non-hydrogen) atoms. The minimum Gasteiger partial charge on any atom is -0.437 e. The fourth-order valence-corrected chi connectivity index (χ4v) is 1.28. The maximum Gasteiger partial charge on any atom is 0.196 e. The molecule has 0 aliphatic heterocycles. The van der Waals surface area contributed by atoms with Crippen molar-refractivity contribution < 1.29 is 9.21 Å². The summed E-state index contributed by atoms with van der Waals surface area (Å²) in [4.78, 5) is 13.1. The molecule has 1 aromatic heterocycles. The Kier molecular flexibility index (Phi) is 3.95. The first-order valence-corrected chi connectivity index (χ1v) is 5.32. The quantitative estimate of drug-likeness (QED) is 0.699. The summed E-state index contributed by atoms with van der Waals surface area (Å²) in [7, 11) is 1.98. The molecule has 0 amide bonds. The lowest BCUT2D eigenvalue weighted by molar-refractivity contribution is 0.0988. The van der Waals surface area contributed by atoms with E-state index in [4.69, 9.17) is 4.42 Å². The molecule has 0 bridgehead atoms. The van der Waals surface area contributed by atoms with Crippen LogP contribution >= 0.6 is 0 Å². The number of carbonyl (C=O) groups excluding carboxylic acids is 1. The van der Waals surface area contributed by atoms with E-state index in [0.717, 1.165) is 18.8 Å². The first kappa shape index (κ1) is 11.8. The summed E-state index contributed by atoms with van der Waals surface area (Å²) in [6.45, 7) is 6.84. The van der Waals surface area contributed by atoms with E-state index in [9.17, 15) is 4.79 Å².